The zero-order valence-electron chi connectivity index (χ0n) is 12.5. The Hall–Kier alpha value is -0.120. The minimum Gasteiger partial charge on any atom is -0.348 e. The van der Waals surface area contributed by atoms with Gasteiger partial charge in [0.25, 0.3) is 0 Å². The topological polar surface area (TPSA) is 44.5 Å². The predicted octanol–water partition coefficient (Wildman–Crippen LogP) is 2.93. The highest BCUT2D eigenvalue weighted by atomic mass is 16.7. The SMILES string of the molecule is CCOC(CN)(OCC)C12CC3CC(CC(C3)C1)C2. The summed E-state index contributed by atoms with van der Waals surface area (Å²) in [5.41, 5.74) is 6.35. The van der Waals surface area contributed by atoms with Crippen LogP contribution < -0.4 is 5.73 Å². The van der Waals surface area contributed by atoms with Crippen molar-refractivity contribution in [3.63, 3.8) is 0 Å². The summed E-state index contributed by atoms with van der Waals surface area (Å²) in [6, 6.07) is 0. The number of nitrogens with two attached hydrogens (primary N) is 1. The van der Waals surface area contributed by atoms with Crippen LogP contribution in [0.1, 0.15) is 52.4 Å². The molecule has 4 aliphatic rings. The lowest BCUT2D eigenvalue weighted by atomic mass is 9.47. The van der Waals surface area contributed by atoms with E-state index in [0.717, 1.165) is 17.8 Å². The number of hydrogen-bond donors (Lipinski definition) is 1. The molecule has 0 atom stereocenters. The number of ether oxygens (including phenoxy) is 2. The van der Waals surface area contributed by atoms with E-state index in [4.69, 9.17) is 15.2 Å². The van der Waals surface area contributed by atoms with Crippen molar-refractivity contribution in [3.8, 4) is 0 Å². The summed E-state index contributed by atoms with van der Waals surface area (Å²) in [4.78, 5) is 0. The van der Waals surface area contributed by atoms with Crippen LogP contribution in [0.25, 0.3) is 0 Å². The number of hydrogen-bond acceptors (Lipinski definition) is 3. The van der Waals surface area contributed by atoms with Gasteiger partial charge in [0.15, 0.2) is 5.79 Å². The summed E-state index contributed by atoms with van der Waals surface area (Å²) in [6.07, 6.45) is 8.15. The summed E-state index contributed by atoms with van der Waals surface area (Å²) in [5, 5.41) is 0. The van der Waals surface area contributed by atoms with Crippen LogP contribution >= 0.6 is 0 Å². The van der Waals surface area contributed by atoms with Crippen LogP contribution in [0.15, 0.2) is 0 Å². The first-order chi connectivity index (χ1) is 9.17. The van der Waals surface area contributed by atoms with Gasteiger partial charge in [0.2, 0.25) is 0 Å². The lowest BCUT2D eigenvalue weighted by Crippen LogP contribution is -2.63. The Morgan fingerprint density at radius 2 is 1.37 bits per heavy atom. The quantitative estimate of drug-likeness (QED) is 0.753. The van der Waals surface area contributed by atoms with Crippen molar-refractivity contribution in [1.82, 2.24) is 0 Å². The fourth-order valence-corrected chi connectivity index (χ4v) is 5.73. The van der Waals surface area contributed by atoms with Crippen LogP contribution in [-0.2, 0) is 9.47 Å². The van der Waals surface area contributed by atoms with Gasteiger partial charge in [-0.2, -0.15) is 0 Å². The minimum absolute atomic E-state index is 0.197. The first-order valence-electron chi connectivity index (χ1n) is 8.15. The molecule has 0 heterocycles. The fourth-order valence-electron chi connectivity index (χ4n) is 5.73. The van der Waals surface area contributed by atoms with Gasteiger partial charge in [-0.25, -0.2) is 0 Å². The molecular weight excluding hydrogens is 238 g/mol. The van der Waals surface area contributed by atoms with E-state index < -0.39 is 5.79 Å². The summed E-state index contributed by atoms with van der Waals surface area (Å²) in [5.74, 6) is 2.18. The van der Waals surface area contributed by atoms with Gasteiger partial charge in [-0.15, -0.1) is 0 Å². The molecule has 3 nitrogen and oxygen atoms in total. The molecule has 110 valence electrons. The average molecular weight is 267 g/mol. The second-order valence-corrected chi connectivity index (χ2v) is 7.02. The maximum Gasteiger partial charge on any atom is 0.186 e. The molecule has 0 unspecified atom stereocenters. The van der Waals surface area contributed by atoms with Crippen molar-refractivity contribution < 1.29 is 9.47 Å². The van der Waals surface area contributed by atoms with Crippen molar-refractivity contribution >= 4 is 0 Å². The van der Waals surface area contributed by atoms with Gasteiger partial charge in [-0.1, -0.05) is 0 Å². The van der Waals surface area contributed by atoms with Crippen LogP contribution in [0.5, 0.6) is 0 Å². The maximum atomic E-state index is 6.16. The van der Waals surface area contributed by atoms with Crippen molar-refractivity contribution in [2.75, 3.05) is 19.8 Å². The molecule has 4 saturated carbocycles. The molecule has 0 radical (unpaired) electrons. The molecule has 0 aromatic heterocycles. The normalized spacial score (nSPS) is 40.9. The van der Waals surface area contributed by atoms with Gasteiger partial charge in [0, 0.05) is 25.2 Å². The molecule has 0 aliphatic heterocycles. The molecule has 4 fully saturated rings. The van der Waals surface area contributed by atoms with Gasteiger partial charge >= 0.3 is 0 Å². The van der Waals surface area contributed by atoms with E-state index >= 15 is 0 Å². The second kappa shape index (κ2) is 5.01. The van der Waals surface area contributed by atoms with E-state index in [1.165, 1.54) is 38.5 Å². The van der Waals surface area contributed by atoms with Gasteiger partial charge in [0.05, 0.1) is 0 Å². The van der Waals surface area contributed by atoms with E-state index in [9.17, 15) is 0 Å². The largest absolute Gasteiger partial charge is 0.348 e. The highest BCUT2D eigenvalue weighted by Gasteiger charge is 2.61. The highest BCUT2D eigenvalue weighted by Crippen LogP contribution is 2.64. The van der Waals surface area contributed by atoms with Crippen molar-refractivity contribution in [3.05, 3.63) is 0 Å². The van der Waals surface area contributed by atoms with Crippen molar-refractivity contribution in [1.29, 1.82) is 0 Å². The maximum absolute atomic E-state index is 6.16. The third-order valence-corrected chi connectivity index (χ3v) is 5.87. The monoisotopic (exact) mass is 267 g/mol. The van der Waals surface area contributed by atoms with E-state index in [2.05, 4.69) is 13.8 Å². The van der Waals surface area contributed by atoms with Crippen molar-refractivity contribution in [2.24, 2.45) is 28.9 Å². The number of rotatable bonds is 6. The van der Waals surface area contributed by atoms with Crippen molar-refractivity contribution in [2.45, 2.75) is 58.2 Å². The van der Waals surface area contributed by atoms with E-state index in [1.807, 2.05) is 0 Å². The first-order valence-corrected chi connectivity index (χ1v) is 8.15. The van der Waals surface area contributed by atoms with Crippen LogP contribution in [0.4, 0.5) is 0 Å². The summed E-state index contributed by atoms with van der Waals surface area (Å²) < 4.78 is 12.3. The lowest BCUT2D eigenvalue weighted by molar-refractivity contribution is -0.322. The van der Waals surface area contributed by atoms with Gasteiger partial charge < -0.3 is 15.2 Å². The molecule has 0 amide bonds. The van der Waals surface area contributed by atoms with E-state index in [0.29, 0.717) is 19.8 Å². The van der Waals surface area contributed by atoms with Gasteiger partial charge in [-0.05, 0) is 70.1 Å². The molecule has 0 aromatic rings. The summed E-state index contributed by atoms with van der Waals surface area (Å²) >= 11 is 0. The van der Waals surface area contributed by atoms with Crippen LogP contribution in [0, 0.1) is 23.2 Å². The molecule has 19 heavy (non-hydrogen) atoms. The second-order valence-electron chi connectivity index (χ2n) is 7.02. The van der Waals surface area contributed by atoms with Gasteiger partial charge in [-0.3, -0.25) is 0 Å². The molecule has 0 aromatic carbocycles. The Kier molecular flexibility index (Phi) is 3.65. The predicted molar refractivity (Wildman–Crippen MR) is 75.6 cm³/mol. The zero-order chi connectivity index (χ0) is 13.5. The molecule has 4 bridgehead atoms. The molecule has 4 rings (SSSR count). The smallest absolute Gasteiger partial charge is 0.186 e. The Balaban J connectivity index is 1.92. The van der Waals surface area contributed by atoms with Crippen LogP contribution in [0.3, 0.4) is 0 Å². The molecule has 4 aliphatic carbocycles. The Morgan fingerprint density at radius 1 is 0.947 bits per heavy atom. The third-order valence-electron chi connectivity index (χ3n) is 5.87. The van der Waals surface area contributed by atoms with E-state index in [-0.39, 0.29) is 5.41 Å². The van der Waals surface area contributed by atoms with Crippen LogP contribution in [0.2, 0.25) is 0 Å². The standard InChI is InChI=1S/C16H29NO2/c1-3-18-16(11-17,19-4-2)15-8-12-5-13(9-15)7-14(6-12)10-15/h12-14H,3-11,17H2,1-2H3. The van der Waals surface area contributed by atoms with Crippen LogP contribution in [-0.4, -0.2) is 25.5 Å². The molecule has 0 spiro atoms. The molecule has 3 heteroatoms. The Labute approximate surface area is 117 Å². The Bertz CT molecular complexity index is 287. The molecule has 0 saturated heterocycles. The first kappa shape index (κ1) is 13.8. The third kappa shape index (κ3) is 2.05. The highest BCUT2D eigenvalue weighted by molar-refractivity contribution is 5.08. The molecule has 2 N–H and O–H groups in total. The lowest BCUT2D eigenvalue weighted by Gasteiger charge is -2.62. The molecular formula is C16H29NO2. The van der Waals surface area contributed by atoms with Gasteiger partial charge in [0.1, 0.15) is 0 Å². The summed E-state index contributed by atoms with van der Waals surface area (Å²) in [6.45, 7) is 6.01. The minimum atomic E-state index is -0.521. The Morgan fingerprint density at radius 3 is 1.68 bits per heavy atom. The average Bonchev–Trinajstić information content (AvgIpc) is 2.36. The fraction of sp³-hybridized carbons (Fsp3) is 1.00. The van der Waals surface area contributed by atoms with E-state index in [1.54, 1.807) is 0 Å². The summed E-state index contributed by atoms with van der Waals surface area (Å²) in [7, 11) is 0. The zero-order valence-corrected chi connectivity index (χ0v) is 12.5.